The van der Waals surface area contributed by atoms with E-state index in [1.54, 1.807) is 0 Å². The van der Waals surface area contributed by atoms with Gasteiger partial charge in [-0.2, -0.15) is 0 Å². The number of benzene rings is 1. The van der Waals surface area contributed by atoms with E-state index in [0.29, 0.717) is 0 Å². The average Bonchev–Trinajstić information content (AvgIpc) is 3.03. The van der Waals surface area contributed by atoms with Crippen LogP contribution in [0.3, 0.4) is 0 Å². The highest BCUT2D eigenvalue weighted by Crippen LogP contribution is 2.40. The minimum atomic E-state index is 0.229. The average molecular weight is 351 g/mol. The Morgan fingerprint density at radius 2 is 1.76 bits per heavy atom. The summed E-state index contributed by atoms with van der Waals surface area (Å²) < 4.78 is 1.27. The van der Waals surface area contributed by atoms with Crippen molar-refractivity contribution in [1.82, 2.24) is 4.90 Å². The van der Waals surface area contributed by atoms with Gasteiger partial charge < -0.3 is 5.73 Å². The van der Waals surface area contributed by atoms with Crippen molar-refractivity contribution in [2.45, 2.75) is 56.9 Å². The van der Waals surface area contributed by atoms with E-state index < -0.39 is 0 Å². The van der Waals surface area contributed by atoms with Crippen molar-refractivity contribution in [3.8, 4) is 0 Å². The van der Waals surface area contributed by atoms with Crippen molar-refractivity contribution in [3.63, 3.8) is 0 Å². The van der Waals surface area contributed by atoms with Crippen LogP contribution in [-0.2, 0) is 12.0 Å². The Morgan fingerprint density at radius 1 is 1.05 bits per heavy atom. The summed E-state index contributed by atoms with van der Waals surface area (Å²) in [6.45, 7) is 4.36. The van der Waals surface area contributed by atoms with Gasteiger partial charge >= 0.3 is 0 Å². The summed E-state index contributed by atoms with van der Waals surface area (Å²) >= 11 is 3.81. The van der Waals surface area contributed by atoms with Gasteiger partial charge in [-0.05, 0) is 56.0 Å². The SMILES string of the molecule is NCC1(c2ccc(CN3CCCC3)c(Br)c2)CCCCC1. The molecule has 0 bridgehead atoms. The molecule has 1 heterocycles. The molecule has 1 aromatic rings. The topological polar surface area (TPSA) is 29.3 Å². The Balaban J connectivity index is 1.79. The second-order valence-electron chi connectivity index (χ2n) is 6.83. The van der Waals surface area contributed by atoms with Gasteiger partial charge in [-0.1, -0.05) is 47.3 Å². The first kappa shape index (κ1) is 15.5. The quantitative estimate of drug-likeness (QED) is 0.881. The Kier molecular flexibility index (Phi) is 5.03. The second kappa shape index (κ2) is 6.80. The van der Waals surface area contributed by atoms with Crippen LogP contribution in [0.15, 0.2) is 22.7 Å². The largest absolute Gasteiger partial charge is 0.330 e. The lowest BCUT2D eigenvalue weighted by atomic mass is 9.69. The number of halogens is 1. The number of hydrogen-bond acceptors (Lipinski definition) is 2. The standard InChI is InChI=1S/C18H27BrN2/c19-17-12-16(18(14-20)8-2-1-3-9-18)7-6-15(17)13-21-10-4-5-11-21/h6-7,12H,1-5,8-11,13-14,20H2. The first-order valence-electron chi connectivity index (χ1n) is 8.45. The van der Waals surface area contributed by atoms with E-state index >= 15 is 0 Å². The van der Waals surface area contributed by atoms with E-state index in [1.165, 1.54) is 73.6 Å². The van der Waals surface area contributed by atoms with Gasteiger partial charge in [0.25, 0.3) is 0 Å². The molecular weight excluding hydrogens is 324 g/mol. The summed E-state index contributed by atoms with van der Waals surface area (Å²) in [6, 6.07) is 7.02. The van der Waals surface area contributed by atoms with Crippen molar-refractivity contribution < 1.29 is 0 Å². The minimum absolute atomic E-state index is 0.229. The van der Waals surface area contributed by atoms with Gasteiger partial charge in [0.05, 0.1) is 0 Å². The molecular formula is C18H27BrN2. The minimum Gasteiger partial charge on any atom is -0.330 e. The highest BCUT2D eigenvalue weighted by molar-refractivity contribution is 9.10. The summed E-state index contributed by atoms with van der Waals surface area (Å²) in [5.74, 6) is 0. The van der Waals surface area contributed by atoms with E-state index in [-0.39, 0.29) is 5.41 Å². The van der Waals surface area contributed by atoms with E-state index in [1.807, 2.05) is 0 Å². The van der Waals surface area contributed by atoms with Crippen molar-refractivity contribution in [2.75, 3.05) is 19.6 Å². The Labute approximate surface area is 137 Å². The van der Waals surface area contributed by atoms with Crippen LogP contribution in [0.25, 0.3) is 0 Å². The lowest BCUT2D eigenvalue weighted by Gasteiger charge is -2.37. The molecule has 2 N–H and O–H groups in total. The van der Waals surface area contributed by atoms with Crippen molar-refractivity contribution in [1.29, 1.82) is 0 Å². The van der Waals surface area contributed by atoms with E-state index in [2.05, 4.69) is 39.0 Å². The maximum atomic E-state index is 6.17. The monoisotopic (exact) mass is 350 g/mol. The van der Waals surface area contributed by atoms with Gasteiger partial charge in [-0.3, -0.25) is 4.90 Å². The van der Waals surface area contributed by atoms with Crippen molar-refractivity contribution in [2.24, 2.45) is 5.73 Å². The fraction of sp³-hybridized carbons (Fsp3) is 0.667. The lowest BCUT2D eigenvalue weighted by Crippen LogP contribution is -2.37. The van der Waals surface area contributed by atoms with E-state index in [9.17, 15) is 0 Å². The smallest absolute Gasteiger partial charge is 0.0244 e. The molecule has 0 amide bonds. The highest BCUT2D eigenvalue weighted by atomic mass is 79.9. The third-order valence-corrected chi connectivity index (χ3v) is 6.20. The molecule has 1 saturated carbocycles. The molecule has 0 radical (unpaired) electrons. The molecule has 1 aliphatic carbocycles. The van der Waals surface area contributed by atoms with Crippen LogP contribution in [0, 0.1) is 0 Å². The fourth-order valence-electron chi connectivity index (χ4n) is 4.03. The molecule has 0 aromatic heterocycles. The molecule has 116 valence electrons. The van der Waals surface area contributed by atoms with E-state index in [0.717, 1.165) is 13.1 Å². The summed E-state index contributed by atoms with van der Waals surface area (Å²) in [4.78, 5) is 2.55. The number of nitrogens with zero attached hydrogens (tertiary/aromatic N) is 1. The lowest BCUT2D eigenvalue weighted by molar-refractivity contribution is 0.300. The number of hydrogen-bond donors (Lipinski definition) is 1. The molecule has 3 heteroatoms. The van der Waals surface area contributed by atoms with Crippen LogP contribution in [0.2, 0.25) is 0 Å². The molecule has 0 spiro atoms. The summed E-state index contributed by atoms with van der Waals surface area (Å²) in [5.41, 5.74) is 9.26. The molecule has 0 unspecified atom stereocenters. The molecule has 21 heavy (non-hydrogen) atoms. The van der Waals surface area contributed by atoms with Gasteiger partial charge in [-0.15, -0.1) is 0 Å². The molecule has 0 atom stereocenters. The molecule has 2 fully saturated rings. The van der Waals surface area contributed by atoms with Gasteiger partial charge in [-0.25, -0.2) is 0 Å². The van der Waals surface area contributed by atoms with Crippen molar-refractivity contribution in [3.05, 3.63) is 33.8 Å². The Bertz CT molecular complexity index is 474. The normalized spacial score (nSPS) is 22.6. The zero-order valence-corrected chi connectivity index (χ0v) is 14.5. The molecule has 1 saturated heterocycles. The third kappa shape index (κ3) is 3.35. The maximum absolute atomic E-state index is 6.17. The van der Waals surface area contributed by atoms with Gasteiger partial charge in [0.15, 0.2) is 0 Å². The molecule has 2 aliphatic rings. The third-order valence-electron chi connectivity index (χ3n) is 5.46. The Hall–Kier alpha value is -0.380. The molecule has 1 aliphatic heterocycles. The predicted molar refractivity (Wildman–Crippen MR) is 92.5 cm³/mol. The van der Waals surface area contributed by atoms with Crippen LogP contribution in [-0.4, -0.2) is 24.5 Å². The van der Waals surface area contributed by atoms with Crippen LogP contribution in [0.5, 0.6) is 0 Å². The van der Waals surface area contributed by atoms with Gasteiger partial charge in [0.1, 0.15) is 0 Å². The van der Waals surface area contributed by atoms with Gasteiger partial charge in [0, 0.05) is 23.0 Å². The van der Waals surface area contributed by atoms with Crippen molar-refractivity contribution >= 4 is 15.9 Å². The van der Waals surface area contributed by atoms with E-state index in [4.69, 9.17) is 5.73 Å². The highest BCUT2D eigenvalue weighted by Gasteiger charge is 2.32. The number of likely N-dealkylation sites (tertiary alicyclic amines) is 1. The Morgan fingerprint density at radius 3 is 2.38 bits per heavy atom. The fourth-order valence-corrected chi connectivity index (χ4v) is 4.53. The first-order valence-corrected chi connectivity index (χ1v) is 9.24. The van der Waals surface area contributed by atoms with Crippen LogP contribution < -0.4 is 5.73 Å². The molecule has 3 rings (SSSR count). The summed E-state index contributed by atoms with van der Waals surface area (Å²) in [7, 11) is 0. The first-order chi connectivity index (χ1) is 10.2. The predicted octanol–water partition coefficient (Wildman–Crippen LogP) is 4.21. The zero-order valence-electron chi connectivity index (χ0n) is 12.9. The molecule has 1 aromatic carbocycles. The second-order valence-corrected chi connectivity index (χ2v) is 7.69. The van der Waals surface area contributed by atoms with Gasteiger partial charge in [0.2, 0.25) is 0 Å². The summed E-state index contributed by atoms with van der Waals surface area (Å²) in [6.07, 6.45) is 9.23. The number of nitrogens with two attached hydrogens (primary N) is 1. The summed E-state index contributed by atoms with van der Waals surface area (Å²) in [5, 5.41) is 0. The number of rotatable bonds is 4. The van der Waals surface area contributed by atoms with Crippen LogP contribution in [0.4, 0.5) is 0 Å². The maximum Gasteiger partial charge on any atom is 0.0244 e. The molecule has 2 nitrogen and oxygen atoms in total. The zero-order chi connectivity index (χ0) is 14.7. The van der Waals surface area contributed by atoms with Crippen LogP contribution in [0.1, 0.15) is 56.1 Å². The van der Waals surface area contributed by atoms with Crippen LogP contribution >= 0.6 is 15.9 Å².